The van der Waals surface area contributed by atoms with E-state index in [2.05, 4.69) is 10.4 Å². The van der Waals surface area contributed by atoms with Gasteiger partial charge in [0, 0.05) is 12.6 Å². The van der Waals surface area contributed by atoms with Crippen molar-refractivity contribution in [2.24, 2.45) is 0 Å². The van der Waals surface area contributed by atoms with Crippen LogP contribution in [0.2, 0.25) is 0 Å². The molecule has 8 heteroatoms. The number of aromatic nitrogens is 2. The molecule has 21 heavy (non-hydrogen) atoms. The maximum atomic E-state index is 11.4. The number of nitrogens with one attached hydrogen (secondary N) is 1. The minimum Gasteiger partial charge on any atom is -0.465 e. The zero-order valence-corrected chi connectivity index (χ0v) is 13.3. The number of carbonyl (C=O) groups is 1. The first-order valence-corrected chi connectivity index (χ1v) is 7.04. The Morgan fingerprint density at radius 2 is 2.14 bits per heavy atom. The van der Waals surface area contributed by atoms with Crippen LogP contribution in [0.25, 0.3) is 0 Å². The summed E-state index contributed by atoms with van der Waals surface area (Å²) in [6.07, 6.45) is 0. The second kappa shape index (κ2) is 9.87. The van der Waals surface area contributed by atoms with Gasteiger partial charge in [-0.25, -0.2) is 4.79 Å². The summed E-state index contributed by atoms with van der Waals surface area (Å²) in [5.74, 6) is -0.740. The zero-order valence-electron chi connectivity index (χ0n) is 13.3. The maximum absolute atomic E-state index is 11.4. The highest BCUT2D eigenvalue weighted by Gasteiger charge is 2.20. The van der Waals surface area contributed by atoms with Crippen molar-refractivity contribution in [2.75, 3.05) is 6.61 Å². The van der Waals surface area contributed by atoms with Crippen molar-refractivity contribution in [3.63, 3.8) is 0 Å². The van der Waals surface area contributed by atoms with Crippen molar-refractivity contribution in [3.8, 4) is 0 Å². The van der Waals surface area contributed by atoms with E-state index in [0.717, 1.165) is 0 Å². The molecule has 0 fully saturated rings. The number of esters is 1. The number of hydrogen-bond acceptors (Lipinski definition) is 6. The highest BCUT2D eigenvalue weighted by atomic mass is 16.6. The molecule has 0 aliphatic heterocycles. The molecule has 1 heterocycles. The normalized spacial score (nSPS) is 10.0. The molecule has 1 N–H and O–H groups in total. The molecule has 1 aromatic rings. The van der Waals surface area contributed by atoms with E-state index in [4.69, 9.17) is 4.74 Å². The van der Waals surface area contributed by atoms with Gasteiger partial charge in [-0.3, -0.25) is 0 Å². The standard InChI is InChI=1S/C11H18N4O4.C2H6/c1-4-19-11(16)7-14-9(6-12-8(2)3)5-10(13-14)15(17)18;1-2/h5,8,12H,4,6-7H2,1-3H3;1-2H3. The molecule has 0 radical (unpaired) electrons. The molecule has 0 aliphatic rings. The predicted octanol–water partition coefficient (Wildman–Crippen LogP) is 1.88. The summed E-state index contributed by atoms with van der Waals surface area (Å²) >= 11 is 0. The van der Waals surface area contributed by atoms with Gasteiger partial charge in [0.2, 0.25) is 0 Å². The zero-order chi connectivity index (χ0) is 16.4. The van der Waals surface area contributed by atoms with Gasteiger partial charge in [-0.15, -0.1) is 0 Å². The molecule has 0 atom stereocenters. The minimum absolute atomic E-state index is 0.128. The van der Waals surface area contributed by atoms with Crippen LogP contribution in [0.3, 0.4) is 0 Å². The highest BCUT2D eigenvalue weighted by Crippen LogP contribution is 2.12. The molecular formula is C13H24N4O4. The first-order valence-electron chi connectivity index (χ1n) is 7.04. The Balaban J connectivity index is 0.00000191. The molecular weight excluding hydrogens is 276 g/mol. The monoisotopic (exact) mass is 300 g/mol. The number of nitro groups is 1. The van der Waals surface area contributed by atoms with Crippen molar-refractivity contribution in [2.45, 2.75) is 53.8 Å². The van der Waals surface area contributed by atoms with Crippen LogP contribution in [-0.4, -0.2) is 33.3 Å². The van der Waals surface area contributed by atoms with E-state index in [9.17, 15) is 14.9 Å². The van der Waals surface area contributed by atoms with Crippen LogP contribution < -0.4 is 5.32 Å². The van der Waals surface area contributed by atoms with Gasteiger partial charge in [-0.05, 0) is 11.8 Å². The Hall–Kier alpha value is -1.96. The molecule has 0 saturated carbocycles. The van der Waals surface area contributed by atoms with E-state index in [-0.39, 0.29) is 25.0 Å². The quantitative estimate of drug-likeness (QED) is 0.469. The van der Waals surface area contributed by atoms with Crippen molar-refractivity contribution >= 4 is 11.8 Å². The summed E-state index contributed by atoms with van der Waals surface area (Å²) in [7, 11) is 0. The second-order valence-electron chi connectivity index (χ2n) is 4.25. The maximum Gasteiger partial charge on any atom is 0.390 e. The first kappa shape index (κ1) is 19.0. The van der Waals surface area contributed by atoms with Crippen LogP contribution in [0.1, 0.15) is 40.3 Å². The lowest BCUT2D eigenvalue weighted by Gasteiger charge is -2.07. The Morgan fingerprint density at radius 3 is 2.62 bits per heavy atom. The van der Waals surface area contributed by atoms with Crippen LogP contribution in [0.4, 0.5) is 5.82 Å². The lowest BCUT2D eigenvalue weighted by Crippen LogP contribution is -2.25. The predicted molar refractivity (Wildman–Crippen MR) is 78.8 cm³/mol. The topological polar surface area (TPSA) is 99.3 Å². The molecule has 0 spiro atoms. The molecule has 120 valence electrons. The van der Waals surface area contributed by atoms with Gasteiger partial charge in [0.1, 0.15) is 0 Å². The SMILES string of the molecule is CC.CCOC(=O)Cn1nc([N+](=O)[O-])cc1CNC(C)C. The van der Waals surface area contributed by atoms with Crippen LogP contribution in [0, 0.1) is 10.1 Å². The van der Waals surface area contributed by atoms with Gasteiger partial charge < -0.3 is 20.2 Å². The summed E-state index contributed by atoms with van der Waals surface area (Å²) in [4.78, 5) is 21.5. The van der Waals surface area contributed by atoms with Crippen molar-refractivity contribution in [3.05, 3.63) is 21.9 Å². The fourth-order valence-corrected chi connectivity index (χ4v) is 1.45. The van der Waals surface area contributed by atoms with E-state index in [1.165, 1.54) is 10.7 Å². The van der Waals surface area contributed by atoms with Gasteiger partial charge in [0.15, 0.2) is 6.54 Å². The molecule has 8 nitrogen and oxygen atoms in total. The van der Waals surface area contributed by atoms with E-state index < -0.39 is 10.9 Å². The minimum atomic E-state index is -0.583. The van der Waals surface area contributed by atoms with Gasteiger partial charge >= 0.3 is 11.8 Å². The summed E-state index contributed by atoms with van der Waals surface area (Å²) in [6, 6.07) is 1.58. The number of nitrogens with zero attached hydrogens (tertiary/aromatic N) is 3. The van der Waals surface area contributed by atoms with E-state index in [1.807, 2.05) is 27.7 Å². The molecule has 0 aromatic carbocycles. The van der Waals surface area contributed by atoms with Gasteiger partial charge in [0.25, 0.3) is 0 Å². The Labute approximate surface area is 124 Å². The molecule has 1 aromatic heterocycles. The fourth-order valence-electron chi connectivity index (χ4n) is 1.45. The molecule has 0 bridgehead atoms. The lowest BCUT2D eigenvalue weighted by atomic mass is 10.3. The molecule has 0 aliphatic carbocycles. The van der Waals surface area contributed by atoms with Gasteiger partial charge in [-0.2, -0.15) is 4.68 Å². The molecule has 0 amide bonds. The molecule has 1 rings (SSSR count). The van der Waals surface area contributed by atoms with Crippen LogP contribution in [-0.2, 0) is 22.6 Å². The summed E-state index contributed by atoms with van der Waals surface area (Å²) in [5.41, 5.74) is 0.577. The summed E-state index contributed by atoms with van der Waals surface area (Å²) in [5, 5.41) is 17.6. The van der Waals surface area contributed by atoms with E-state index in [1.54, 1.807) is 6.92 Å². The van der Waals surface area contributed by atoms with E-state index in [0.29, 0.717) is 12.2 Å². The number of carbonyl (C=O) groups excluding carboxylic acids is 1. The fraction of sp³-hybridized carbons (Fsp3) is 0.692. The van der Waals surface area contributed by atoms with Crippen LogP contribution in [0.15, 0.2) is 6.07 Å². The van der Waals surface area contributed by atoms with Crippen LogP contribution in [0.5, 0.6) is 0 Å². The smallest absolute Gasteiger partial charge is 0.390 e. The Bertz CT molecular complexity index is 457. The molecule has 0 saturated heterocycles. The second-order valence-corrected chi connectivity index (χ2v) is 4.25. The van der Waals surface area contributed by atoms with E-state index >= 15 is 0 Å². The van der Waals surface area contributed by atoms with Gasteiger partial charge in [-0.1, -0.05) is 27.7 Å². The Kier molecular flexibility index (Phi) is 8.95. The number of ether oxygens (including phenoxy) is 1. The van der Waals surface area contributed by atoms with Gasteiger partial charge in [0.05, 0.1) is 23.5 Å². The van der Waals surface area contributed by atoms with Crippen molar-refractivity contribution in [1.82, 2.24) is 15.1 Å². The lowest BCUT2D eigenvalue weighted by molar-refractivity contribution is -0.389. The van der Waals surface area contributed by atoms with Crippen molar-refractivity contribution in [1.29, 1.82) is 0 Å². The average molecular weight is 300 g/mol. The summed E-state index contributed by atoms with van der Waals surface area (Å²) in [6.45, 7) is 10.2. The third-order valence-electron chi connectivity index (χ3n) is 2.31. The van der Waals surface area contributed by atoms with Crippen LogP contribution >= 0.6 is 0 Å². The molecule has 0 unspecified atom stereocenters. The number of rotatable bonds is 7. The van der Waals surface area contributed by atoms with Crippen molar-refractivity contribution < 1.29 is 14.5 Å². The number of hydrogen-bond donors (Lipinski definition) is 1. The average Bonchev–Trinajstić information content (AvgIpc) is 2.82. The highest BCUT2D eigenvalue weighted by molar-refractivity contribution is 5.69. The third-order valence-corrected chi connectivity index (χ3v) is 2.31. The third kappa shape index (κ3) is 6.84. The first-order chi connectivity index (χ1) is 9.93. The Morgan fingerprint density at radius 1 is 1.52 bits per heavy atom. The summed E-state index contributed by atoms with van der Waals surface area (Å²) < 4.78 is 6.10. The largest absolute Gasteiger partial charge is 0.465 e.